The molecule has 0 amide bonds. The number of hydrogen-bond donors (Lipinski definition) is 0. The topological polar surface area (TPSA) is 69.9 Å². The fourth-order valence-electron chi connectivity index (χ4n) is 4.59. The number of aromatic nitrogens is 1. The molecule has 0 unspecified atom stereocenters. The molecule has 0 saturated heterocycles. The Balaban J connectivity index is 1.55. The van der Waals surface area contributed by atoms with Crippen LogP contribution < -0.4 is 19.6 Å². The average molecular weight is 612 g/mol. The van der Waals surface area contributed by atoms with E-state index in [0.29, 0.717) is 31.7 Å². The van der Waals surface area contributed by atoms with Crippen molar-refractivity contribution in [3.05, 3.63) is 130 Å². The Morgan fingerprint density at radius 2 is 1.80 bits per heavy atom. The van der Waals surface area contributed by atoms with Crippen molar-refractivity contribution in [3.8, 4) is 5.75 Å². The molecular weight excluding hydrogens is 586 g/mol. The molecule has 0 bridgehead atoms. The Kier molecular flexibility index (Phi) is 8.45. The Morgan fingerprint density at radius 1 is 1.10 bits per heavy atom. The molecule has 0 spiro atoms. The van der Waals surface area contributed by atoms with Gasteiger partial charge in [0.25, 0.3) is 5.56 Å². The second-order valence-electron chi connectivity index (χ2n) is 9.45. The standard InChI is InChI=1S/C31H25Cl2FN2O4S/c1-4-39-30(38)26-18(3)35-31-36(27(26)21-10-8-17(2)9-11-21)29(37)25(41-31)15-20-13-23(32)28(24(33)14-20)40-16-19-6-5-7-22(34)12-19/h5-15,27H,4,16H2,1-3H3/b25-15+/t27-/m1/s1. The van der Waals surface area contributed by atoms with Gasteiger partial charge in [-0.25, -0.2) is 14.2 Å². The summed E-state index contributed by atoms with van der Waals surface area (Å²) in [5.74, 6) is -0.624. The molecule has 3 aromatic carbocycles. The number of halogens is 3. The molecule has 1 aliphatic rings. The summed E-state index contributed by atoms with van der Waals surface area (Å²) in [6, 6.07) is 16.3. The zero-order valence-electron chi connectivity index (χ0n) is 22.4. The number of thiazole rings is 1. The predicted molar refractivity (Wildman–Crippen MR) is 159 cm³/mol. The van der Waals surface area contributed by atoms with E-state index in [1.165, 1.54) is 28.0 Å². The number of carbonyl (C=O) groups is 1. The largest absolute Gasteiger partial charge is 0.486 e. The zero-order valence-corrected chi connectivity index (χ0v) is 24.7. The van der Waals surface area contributed by atoms with Crippen LogP contribution in [0.4, 0.5) is 4.39 Å². The molecule has 0 saturated carbocycles. The third-order valence-electron chi connectivity index (χ3n) is 6.50. The number of ether oxygens (including phenoxy) is 2. The van der Waals surface area contributed by atoms with E-state index in [1.54, 1.807) is 44.2 Å². The minimum Gasteiger partial charge on any atom is -0.486 e. The van der Waals surface area contributed by atoms with Crippen molar-refractivity contribution in [3.63, 3.8) is 0 Å². The highest BCUT2D eigenvalue weighted by molar-refractivity contribution is 7.07. The van der Waals surface area contributed by atoms with Crippen molar-refractivity contribution in [2.45, 2.75) is 33.4 Å². The van der Waals surface area contributed by atoms with E-state index < -0.39 is 12.0 Å². The van der Waals surface area contributed by atoms with Gasteiger partial charge in [-0.3, -0.25) is 9.36 Å². The fraction of sp³-hybridized carbons (Fsp3) is 0.194. The molecule has 10 heteroatoms. The van der Waals surface area contributed by atoms with Crippen LogP contribution in [0.1, 0.15) is 42.1 Å². The normalized spacial score (nSPS) is 15.0. The highest BCUT2D eigenvalue weighted by Gasteiger charge is 2.33. The van der Waals surface area contributed by atoms with E-state index in [1.807, 2.05) is 31.2 Å². The maximum absolute atomic E-state index is 13.8. The Morgan fingerprint density at radius 3 is 2.46 bits per heavy atom. The molecule has 0 fully saturated rings. The first-order valence-electron chi connectivity index (χ1n) is 12.8. The lowest BCUT2D eigenvalue weighted by Gasteiger charge is -2.24. The van der Waals surface area contributed by atoms with Crippen LogP contribution in [0.3, 0.4) is 0 Å². The summed E-state index contributed by atoms with van der Waals surface area (Å²) in [6.07, 6.45) is 1.67. The molecule has 41 heavy (non-hydrogen) atoms. The van der Waals surface area contributed by atoms with Gasteiger partial charge in [-0.15, -0.1) is 0 Å². The summed E-state index contributed by atoms with van der Waals surface area (Å²) in [5, 5.41) is 0.483. The molecule has 4 aromatic rings. The first kappa shape index (κ1) is 28.8. The predicted octanol–water partition coefficient (Wildman–Crippen LogP) is 6.13. The zero-order chi connectivity index (χ0) is 29.3. The van der Waals surface area contributed by atoms with Crippen molar-refractivity contribution in [1.29, 1.82) is 0 Å². The summed E-state index contributed by atoms with van der Waals surface area (Å²) in [7, 11) is 0. The van der Waals surface area contributed by atoms with Gasteiger partial charge in [0.05, 0.1) is 38.5 Å². The number of hydrogen-bond acceptors (Lipinski definition) is 6. The van der Waals surface area contributed by atoms with Gasteiger partial charge in [-0.2, -0.15) is 0 Å². The number of fused-ring (bicyclic) bond motifs is 1. The minimum absolute atomic E-state index is 0.0797. The van der Waals surface area contributed by atoms with Crippen molar-refractivity contribution < 1.29 is 18.7 Å². The minimum atomic E-state index is -0.696. The summed E-state index contributed by atoms with van der Waals surface area (Å²) in [6.45, 7) is 5.72. The Bertz CT molecular complexity index is 1840. The number of allylic oxidation sites excluding steroid dienone is 1. The quantitative estimate of drug-likeness (QED) is 0.236. The number of esters is 1. The van der Waals surface area contributed by atoms with Crippen LogP contribution in [0.15, 0.2) is 81.7 Å². The number of nitrogens with zero attached hydrogens (tertiary/aromatic N) is 2. The summed E-state index contributed by atoms with van der Waals surface area (Å²) >= 11 is 14.2. The molecule has 0 radical (unpaired) electrons. The maximum atomic E-state index is 13.8. The third-order valence-corrected chi connectivity index (χ3v) is 8.05. The summed E-state index contributed by atoms with van der Waals surface area (Å²) < 4.78 is 26.5. The van der Waals surface area contributed by atoms with Gasteiger partial charge in [0, 0.05) is 0 Å². The van der Waals surface area contributed by atoms with E-state index in [4.69, 9.17) is 32.7 Å². The molecule has 1 atom stereocenters. The van der Waals surface area contributed by atoms with Crippen molar-refractivity contribution in [2.75, 3.05) is 6.61 Å². The molecule has 1 aliphatic heterocycles. The monoisotopic (exact) mass is 610 g/mol. The van der Waals surface area contributed by atoms with Crippen molar-refractivity contribution in [2.24, 2.45) is 4.99 Å². The highest BCUT2D eigenvalue weighted by Crippen LogP contribution is 2.35. The lowest BCUT2D eigenvalue weighted by atomic mass is 9.95. The molecule has 0 aliphatic carbocycles. The molecule has 210 valence electrons. The van der Waals surface area contributed by atoms with E-state index in [-0.39, 0.29) is 40.4 Å². The van der Waals surface area contributed by atoms with Crippen LogP contribution in [0.5, 0.6) is 5.75 Å². The number of aryl methyl sites for hydroxylation is 1. The molecule has 5 rings (SSSR count). The van der Waals surface area contributed by atoms with E-state index in [2.05, 4.69) is 4.99 Å². The molecule has 6 nitrogen and oxygen atoms in total. The SMILES string of the molecule is CCOC(=O)C1=C(C)N=c2s/c(=C/c3cc(Cl)c(OCc4cccc(F)c4)c(Cl)c3)c(=O)n2[C@@H]1c1ccc(C)cc1. The first-order chi connectivity index (χ1) is 19.7. The third kappa shape index (κ3) is 6.00. The van der Waals surface area contributed by atoms with Gasteiger partial charge in [0.2, 0.25) is 0 Å². The number of rotatable bonds is 7. The molecule has 2 heterocycles. The van der Waals surface area contributed by atoms with E-state index in [9.17, 15) is 14.0 Å². The van der Waals surface area contributed by atoms with E-state index in [0.717, 1.165) is 11.1 Å². The van der Waals surface area contributed by atoms with Crippen LogP contribution in [0.2, 0.25) is 10.0 Å². The Labute approximate surface area is 249 Å². The molecule has 1 aromatic heterocycles. The average Bonchev–Trinajstić information content (AvgIpc) is 3.22. The molecule has 0 N–H and O–H groups in total. The maximum Gasteiger partial charge on any atom is 0.338 e. The number of carbonyl (C=O) groups excluding carboxylic acids is 1. The van der Waals surface area contributed by atoms with Gasteiger partial charge in [0.15, 0.2) is 10.6 Å². The Hall–Kier alpha value is -3.72. The van der Waals surface area contributed by atoms with Crippen LogP contribution in [-0.2, 0) is 16.1 Å². The highest BCUT2D eigenvalue weighted by atomic mass is 35.5. The lowest BCUT2D eigenvalue weighted by Crippen LogP contribution is -2.39. The molecular formula is C31H25Cl2FN2O4S. The number of benzene rings is 3. The van der Waals surface area contributed by atoms with Gasteiger partial charge < -0.3 is 9.47 Å². The van der Waals surface area contributed by atoms with Gasteiger partial charge in [-0.05, 0) is 67.8 Å². The fourth-order valence-corrected chi connectivity index (χ4v) is 6.25. The smallest absolute Gasteiger partial charge is 0.338 e. The van der Waals surface area contributed by atoms with E-state index >= 15 is 0 Å². The summed E-state index contributed by atoms with van der Waals surface area (Å²) in [4.78, 5) is 31.9. The summed E-state index contributed by atoms with van der Waals surface area (Å²) in [5.41, 5.74) is 3.53. The van der Waals surface area contributed by atoms with Crippen molar-refractivity contribution >= 4 is 46.6 Å². The van der Waals surface area contributed by atoms with Crippen LogP contribution in [0.25, 0.3) is 6.08 Å². The second-order valence-corrected chi connectivity index (χ2v) is 11.3. The van der Waals surface area contributed by atoms with Crippen LogP contribution in [0, 0.1) is 12.7 Å². The first-order valence-corrected chi connectivity index (χ1v) is 14.4. The lowest BCUT2D eigenvalue weighted by molar-refractivity contribution is -0.139. The van der Waals surface area contributed by atoms with Crippen LogP contribution in [-0.4, -0.2) is 17.1 Å². The van der Waals surface area contributed by atoms with Gasteiger partial charge >= 0.3 is 5.97 Å². The van der Waals surface area contributed by atoms with Gasteiger partial charge in [-0.1, -0.05) is 76.5 Å². The van der Waals surface area contributed by atoms with Crippen LogP contribution >= 0.6 is 34.5 Å². The van der Waals surface area contributed by atoms with Gasteiger partial charge in [0.1, 0.15) is 12.4 Å². The van der Waals surface area contributed by atoms with Crippen molar-refractivity contribution in [1.82, 2.24) is 4.57 Å². The second kappa shape index (κ2) is 12.0.